The van der Waals surface area contributed by atoms with Crippen LogP contribution < -0.4 is 14.8 Å². The molecule has 0 aromatic heterocycles. The molecule has 0 atom stereocenters. The van der Waals surface area contributed by atoms with Crippen LogP contribution >= 0.6 is 0 Å². The minimum absolute atomic E-state index is 0.0541. The molecule has 2 N–H and O–H groups in total. The van der Waals surface area contributed by atoms with Crippen LogP contribution in [0.15, 0.2) is 71.6 Å². The largest absolute Gasteiger partial charge is 0.484 e. The fourth-order valence-corrected chi connectivity index (χ4v) is 3.62. The van der Waals surface area contributed by atoms with Crippen LogP contribution in [-0.4, -0.2) is 27.1 Å². The van der Waals surface area contributed by atoms with Crippen LogP contribution in [0.2, 0.25) is 0 Å². The molecule has 3 rings (SSSR count). The van der Waals surface area contributed by atoms with E-state index in [1.54, 1.807) is 0 Å². The lowest BCUT2D eigenvalue weighted by Crippen LogP contribution is -2.19. The predicted octanol–water partition coefficient (Wildman–Crippen LogP) is 4.96. The second kappa shape index (κ2) is 9.45. The van der Waals surface area contributed by atoms with Gasteiger partial charge in [0.2, 0.25) is 0 Å². The van der Waals surface area contributed by atoms with E-state index < -0.39 is 45.2 Å². The minimum Gasteiger partial charge on any atom is -0.484 e. The van der Waals surface area contributed by atoms with Gasteiger partial charge in [0.05, 0.1) is 4.90 Å². The Kier molecular flexibility index (Phi) is 6.86. The van der Waals surface area contributed by atoms with Gasteiger partial charge in [-0.25, -0.2) is 17.2 Å². The molecule has 0 saturated carbocycles. The summed E-state index contributed by atoms with van der Waals surface area (Å²) in [5.74, 6) is -3.11. The maximum Gasteiger partial charge on any atom is 0.422 e. The van der Waals surface area contributed by atoms with Gasteiger partial charge in [-0.2, -0.15) is 13.2 Å². The number of sulfonamides is 1. The molecule has 1 amide bonds. The number of halogens is 5. The third kappa shape index (κ3) is 6.65. The highest BCUT2D eigenvalue weighted by atomic mass is 32.2. The first-order chi connectivity index (χ1) is 15.4. The number of carbonyl (C=O) groups excluding carboxylic acids is 1. The van der Waals surface area contributed by atoms with E-state index in [2.05, 4.69) is 14.8 Å². The van der Waals surface area contributed by atoms with Crippen LogP contribution in [0.25, 0.3) is 0 Å². The monoisotopic (exact) mass is 486 g/mol. The van der Waals surface area contributed by atoms with E-state index in [4.69, 9.17) is 0 Å². The average molecular weight is 486 g/mol. The second-order valence-corrected chi connectivity index (χ2v) is 8.32. The van der Waals surface area contributed by atoms with Crippen molar-refractivity contribution in [1.82, 2.24) is 0 Å². The Balaban J connectivity index is 1.62. The van der Waals surface area contributed by atoms with Gasteiger partial charge < -0.3 is 10.1 Å². The number of hydrogen-bond acceptors (Lipinski definition) is 4. The van der Waals surface area contributed by atoms with Crippen molar-refractivity contribution >= 4 is 27.3 Å². The van der Waals surface area contributed by atoms with Crippen molar-refractivity contribution in [3.05, 3.63) is 83.9 Å². The normalized spacial score (nSPS) is 11.7. The molecule has 12 heteroatoms. The van der Waals surface area contributed by atoms with Gasteiger partial charge in [-0.3, -0.25) is 9.52 Å². The van der Waals surface area contributed by atoms with Crippen molar-refractivity contribution in [2.75, 3.05) is 16.6 Å². The molecule has 0 unspecified atom stereocenters. The summed E-state index contributed by atoms with van der Waals surface area (Å²) < 4.78 is 94.2. The summed E-state index contributed by atoms with van der Waals surface area (Å²) in [6.45, 7) is -1.45. The SMILES string of the molecule is O=C(Nc1ccc(NS(=O)(=O)c2ccc(F)c(F)c2)cc1)c1ccc(OCC(F)(F)F)cc1. The molecule has 0 aliphatic heterocycles. The molecular formula is C21H15F5N2O4S. The third-order valence-electron chi connectivity index (χ3n) is 4.12. The van der Waals surface area contributed by atoms with Gasteiger partial charge in [-0.05, 0) is 66.7 Å². The number of nitrogens with one attached hydrogen (secondary N) is 2. The molecule has 174 valence electrons. The lowest BCUT2D eigenvalue weighted by atomic mass is 10.2. The molecule has 0 spiro atoms. The molecule has 6 nitrogen and oxygen atoms in total. The van der Waals surface area contributed by atoms with Crippen LogP contribution in [0.4, 0.5) is 33.3 Å². The fraction of sp³-hybridized carbons (Fsp3) is 0.0952. The van der Waals surface area contributed by atoms with E-state index in [1.165, 1.54) is 48.5 Å². The maximum absolute atomic E-state index is 13.3. The van der Waals surface area contributed by atoms with Crippen LogP contribution in [-0.2, 0) is 10.0 Å². The molecule has 0 radical (unpaired) electrons. The maximum atomic E-state index is 13.3. The second-order valence-electron chi connectivity index (χ2n) is 6.64. The zero-order chi connectivity index (χ0) is 24.2. The number of ether oxygens (including phenoxy) is 1. The number of benzene rings is 3. The van der Waals surface area contributed by atoms with Crippen molar-refractivity contribution in [2.45, 2.75) is 11.1 Å². The van der Waals surface area contributed by atoms with Gasteiger partial charge in [-0.15, -0.1) is 0 Å². The molecule has 33 heavy (non-hydrogen) atoms. The number of hydrogen-bond donors (Lipinski definition) is 2. The molecule has 0 bridgehead atoms. The zero-order valence-corrected chi connectivity index (χ0v) is 17.3. The lowest BCUT2D eigenvalue weighted by molar-refractivity contribution is -0.153. The summed E-state index contributed by atoms with van der Waals surface area (Å²) in [6, 6.07) is 12.6. The topological polar surface area (TPSA) is 84.5 Å². The Morgan fingerprint density at radius 3 is 2.03 bits per heavy atom. The Hall–Kier alpha value is -3.67. The highest BCUT2D eigenvalue weighted by molar-refractivity contribution is 7.92. The van der Waals surface area contributed by atoms with Crippen LogP contribution in [0.3, 0.4) is 0 Å². The lowest BCUT2D eigenvalue weighted by Gasteiger charge is -2.11. The molecule has 3 aromatic rings. The summed E-state index contributed by atoms with van der Waals surface area (Å²) in [7, 11) is -4.18. The van der Waals surface area contributed by atoms with Gasteiger partial charge in [-0.1, -0.05) is 0 Å². The third-order valence-corrected chi connectivity index (χ3v) is 5.49. The highest BCUT2D eigenvalue weighted by Crippen LogP contribution is 2.22. The van der Waals surface area contributed by atoms with Gasteiger partial charge in [0.25, 0.3) is 15.9 Å². The molecular weight excluding hydrogens is 471 g/mol. The van der Waals surface area contributed by atoms with Crippen LogP contribution in [0.5, 0.6) is 5.75 Å². The summed E-state index contributed by atoms with van der Waals surface area (Å²) >= 11 is 0. The van der Waals surface area contributed by atoms with Crippen molar-refractivity contribution in [1.29, 1.82) is 0 Å². The Morgan fingerprint density at radius 1 is 0.848 bits per heavy atom. The quantitative estimate of drug-likeness (QED) is 0.463. The number of anilines is 2. The minimum atomic E-state index is -4.48. The predicted molar refractivity (Wildman–Crippen MR) is 110 cm³/mol. The van der Waals surface area contributed by atoms with E-state index in [-0.39, 0.29) is 17.0 Å². The van der Waals surface area contributed by atoms with E-state index in [1.807, 2.05) is 0 Å². The van der Waals surface area contributed by atoms with Crippen molar-refractivity contribution in [2.24, 2.45) is 0 Å². The zero-order valence-electron chi connectivity index (χ0n) is 16.5. The number of alkyl halides is 3. The number of amides is 1. The molecule has 0 heterocycles. The average Bonchev–Trinajstić information content (AvgIpc) is 2.75. The summed E-state index contributed by atoms with van der Waals surface area (Å²) in [5, 5.41) is 2.54. The Bertz CT molecular complexity index is 1250. The standard InChI is InChI=1S/C21H15F5N2O4S/c22-18-10-9-17(11-19(18)23)33(30,31)28-15-5-3-14(4-6-15)27-20(29)13-1-7-16(8-2-13)32-12-21(24,25)26/h1-11,28H,12H2,(H,27,29). The first-order valence-electron chi connectivity index (χ1n) is 9.12. The van der Waals surface area contributed by atoms with Gasteiger partial charge >= 0.3 is 6.18 Å². The van der Waals surface area contributed by atoms with Crippen molar-refractivity contribution in [3.63, 3.8) is 0 Å². The molecule has 0 aliphatic rings. The van der Waals surface area contributed by atoms with Crippen LogP contribution in [0, 0.1) is 11.6 Å². The Labute approximate surface area is 185 Å². The van der Waals surface area contributed by atoms with Crippen LogP contribution in [0.1, 0.15) is 10.4 Å². The van der Waals surface area contributed by atoms with Crippen molar-refractivity contribution < 1.29 is 39.9 Å². The first-order valence-corrected chi connectivity index (χ1v) is 10.6. The van der Waals surface area contributed by atoms with Crippen molar-refractivity contribution in [3.8, 4) is 5.75 Å². The van der Waals surface area contributed by atoms with E-state index >= 15 is 0 Å². The van der Waals surface area contributed by atoms with Gasteiger partial charge in [0.15, 0.2) is 18.2 Å². The molecule has 0 aliphatic carbocycles. The van der Waals surface area contributed by atoms with E-state index in [0.29, 0.717) is 17.8 Å². The molecule has 3 aromatic carbocycles. The first kappa shape index (κ1) is 24.0. The van der Waals surface area contributed by atoms with Gasteiger partial charge in [0, 0.05) is 16.9 Å². The highest BCUT2D eigenvalue weighted by Gasteiger charge is 2.28. The molecule has 0 saturated heterocycles. The molecule has 0 fully saturated rings. The number of carbonyl (C=O) groups is 1. The smallest absolute Gasteiger partial charge is 0.422 e. The summed E-state index contributed by atoms with van der Waals surface area (Å²) in [4.78, 5) is 11.8. The van der Waals surface area contributed by atoms with Gasteiger partial charge in [0.1, 0.15) is 5.75 Å². The summed E-state index contributed by atoms with van der Waals surface area (Å²) in [5.41, 5.74) is 0.551. The summed E-state index contributed by atoms with van der Waals surface area (Å²) in [6.07, 6.45) is -4.48. The Morgan fingerprint density at radius 2 is 1.45 bits per heavy atom. The fourth-order valence-electron chi connectivity index (χ4n) is 2.55. The van der Waals surface area contributed by atoms with E-state index in [0.717, 1.165) is 6.07 Å². The number of rotatable bonds is 7. The van der Waals surface area contributed by atoms with E-state index in [9.17, 15) is 35.2 Å².